The molecular formula is C55H35N3O. The largest absolute Gasteiger partial charge is 0.435 e. The maximum Gasteiger partial charge on any atom is 0.227 e. The van der Waals surface area contributed by atoms with Crippen LogP contribution in [0.2, 0.25) is 0 Å². The van der Waals surface area contributed by atoms with Gasteiger partial charge in [-0.2, -0.15) is 0 Å². The lowest BCUT2D eigenvalue weighted by Gasteiger charge is -2.26. The van der Waals surface area contributed by atoms with Gasteiger partial charge in [0.05, 0.1) is 11.0 Å². The lowest BCUT2D eigenvalue weighted by Crippen LogP contribution is -2.10. The third kappa shape index (κ3) is 5.49. The van der Waals surface area contributed by atoms with E-state index in [-0.39, 0.29) is 0 Å². The number of benzene rings is 10. The molecule has 0 N–H and O–H groups in total. The summed E-state index contributed by atoms with van der Waals surface area (Å²) in [6.07, 6.45) is 0. The second-order valence-electron chi connectivity index (χ2n) is 15.2. The van der Waals surface area contributed by atoms with Crippen LogP contribution in [0.3, 0.4) is 0 Å². The molecule has 0 amide bonds. The number of fused-ring (bicyclic) bond motifs is 9. The van der Waals surface area contributed by atoms with Gasteiger partial charge >= 0.3 is 0 Å². The summed E-state index contributed by atoms with van der Waals surface area (Å²) < 4.78 is 8.93. The van der Waals surface area contributed by atoms with Gasteiger partial charge in [0.25, 0.3) is 0 Å². The van der Waals surface area contributed by atoms with Crippen LogP contribution in [0, 0.1) is 0 Å². The molecule has 0 spiro atoms. The molecular weight excluding hydrogens is 719 g/mol. The van der Waals surface area contributed by atoms with Crippen molar-refractivity contribution >= 4 is 82.3 Å². The minimum atomic E-state index is 0.605. The Bertz CT molecular complexity index is 3550. The summed E-state index contributed by atoms with van der Waals surface area (Å²) in [5.74, 6) is 0.605. The van der Waals surface area contributed by atoms with Gasteiger partial charge < -0.3 is 13.9 Å². The summed E-state index contributed by atoms with van der Waals surface area (Å²) in [6.45, 7) is 0. The van der Waals surface area contributed by atoms with E-state index in [4.69, 9.17) is 9.40 Å². The highest BCUT2D eigenvalue weighted by Gasteiger charge is 2.19. The van der Waals surface area contributed by atoms with Crippen molar-refractivity contribution in [2.24, 2.45) is 0 Å². The highest BCUT2D eigenvalue weighted by Crippen LogP contribution is 2.41. The van der Waals surface area contributed by atoms with Crippen LogP contribution in [0.1, 0.15) is 0 Å². The van der Waals surface area contributed by atoms with Crippen molar-refractivity contribution in [3.8, 4) is 28.3 Å². The molecule has 59 heavy (non-hydrogen) atoms. The molecule has 0 fully saturated rings. The highest BCUT2D eigenvalue weighted by molar-refractivity contribution is 6.15. The van der Waals surface area contributed by atoms with Crippen LogP contribution >= 0.6 is 0 Å². The minimum Gasteiger partial charge on any atom is -0.435 e. The van der Waals surface area contributed by atoms with Crippen LogP contribution in [0.15, 0.2) is 217 Å². The third-order valence-corrected chi connectivity index (χ3v) is 11.8. The Morgan fingerprint density at radius 2 is 0.983 bits per heavy atom. The van der Waals surface area contributed by atoms with Gasteiger partial charge in [0.2, 0.25) is 5.89 Å². The van der Waals surface area contributed by atoms with Crippen molar-refractivity contribution in [3.05, 3.63) is 212 Å². The van der Waals surface area contributed by atoms with Gasteiger partial charge in [0.15, 0.2) is 5.58 Å². The fourth-order valence-corrected chi connectivity index (χ4v) is 8.92. The van der Waals surface area contributed by atoms with E-state index in [0.29, 0.717) is 5.89 Å². The predicted octanol–water partition coefficient (Wildman–Crippen LogP) is 15.2. The van der Waals surface area contributed by atoms with Crippen LogP contribution in [-0.2, 0) is 0 Å². The maximum atomic E-state index is 6.57. The van der Waals surface area contributed by atoms with E-state index in [0.717, 1.165) is 44.8 Å². The molecule has 2 aromatic heterocycles. The first-order chi connectivity index (χ1) is 29.2. The lowest BCUT2D eigenvalue weighted by atomic mass is 10.0. The molecule has 0 unspecified atom stereocenters. The molecule has 4 nitrogen and oxygen atoms in total. The molecule has 10 aromatic carbocycles. The summed E-state index contributed by atoms with van der Waals surface area (Å²) in [4.78, 5) is 7.31. The second kappa shape index (κ2) is 13.3. The lowest BCUT2D eigenvalue weighted by molar-refractivity contribution is 0.623. The van der Waals surface area contributed by atoms with Crippen LogP contribution in [-0.4, -0.2) is 9.55 Å². The Labute approximate surface area is 340 Å². The molecule has 0 atom stereocenters. The summed E-state index contributed by atoms with van der Waals surface area (Å²) in [5.41, 5.74) is 11.6. The zero-order chi connectivity index (χ0) is 38.9. The average molecular weight is 754 g/mol. The SMILES string of the molecule is c1ccc(-n2c3ccccc3c3cc(N(c4ccc(-c5ccc6ccccc6c5)cc4)c4ccc(-c5nc6ccc7c8ccccc8ccc7c6o5)cc4)ccc32)cc1. The Morgan fingerprint density at radius 1 is 0.373 bits per heavy atom. The number of rotatable bonds is 6. The Hall–Kier alpha value is -7.95. The van der Waals surface area contributed by atoms with E-state index in [2.05, 4.69) is 222 Å². The smallest absolute Gasteiger partial charge is 0.227 e. The van der Waals surface area contributed by atoms with Crippen LogP contribution < -0.4 is 4.90 Å². The van der Waals surface area contributed by atoms with E-state index >= 15 is 0 Å². The van der Waals surface area contributed by atoms with Gasteiger partial charge in [-0.3, -0.25) is 0 Å². The second-order valence-corrected chi connectivity index (χ2v) is 15.2. The van der Waals surface area contributed by atoms with Crippen molar-refractivity contribution < 1.29 is 4.42 Å². The molecule has 0 aliphatic rings. The van der Waals surface area contributed by atoms with Gasteiger partial charge in [-0.15, -0.1) is 0 Å². The minimum absolute atomic E-state index is 0.605. The summed E-state index contributed by atoms with van der Waals surface area (Å²) in [7, 11) is 0. The quantitative estimate of drug-likeness (QED) is 0.159. The number of para-hydroxylation sites is 2. The number of nitrogens with zero attached hydrogens (tertiary/aromatic N) is 3. The van der Waals surface area contributed by atoms with Gasteiger partial charge in [-0.25, -0.2) is 4.98 Å². The first kappa shape index (κ1) is 33.2. The van der Waals surface area contributed by atoms with Gasteiger partial charge in [0, 0.05) is 44.5 Å². The Morgan fingerprint density at radius 3 is 1.80 bits per heavy atom. The molecule has 4 heteroatoms. The molecule has 12 aromatic rings. The molecule has 276 valence electrons. The standard InChI is InChI=1S/C55H35N3O/c1-2-13-42(14-3-1)58-52-17-9-8-16-48(52)50-35-45(29-33-53(50)58)57(43-25-20-37(21-26-43)41-19-18-36-10-4-5-12-40(36)34-41)44-27-22-39(23-28-44)55-56-51-32-31-47-46-15-7-6-11-38(46)24-30-49(47)54(51)59-55/h1-35H. The zero-order valence-corrected chi connectivity index (χ0v) is 32.0. The van der Waals surface area contributed by atoms with Crippen molar-refractivity contribution in [1.82, 2.24) is 9.55 Å². The molecule has 0 bridgehead atoms. The van der Waals surface area contributed by atoms with Crippen molar-refractivity contribution in [3.63, 3.8) is 0 Å². The molecule has 12 rings (SSSR count). The number of anilines is 3. The van der Waals surface area contributed by atoms with Crippen molar-refractivity contribution in [1.29, 1.82) is 0 Å². The topological polar surface area (TPSA) is 34.2 Å². The van der Waals surface area contributed by atoms with Gasteiger partial charge in [0.1, 0.15) is 5.52 Å². The van der Waals surface area contributed by atoms with Crippen LogP contribution in [0.5, 0.6) is 0 Å². The number of hydrogen-bond acceptors (Lipinski definition) is 3. The van der Waals surface area contributed by atoms with Gasteiger partial charge in [-0.05, 0) is 129 Å². The van der Waals surface area contributed by atoms with E-state index in [1.807, 2.05) is 0 Å². The van der Waals surface area contributed by atoms with Crippen LogP contribution in [0.25, 0.3) is 93.5 Å². The first-order valence-electron chi connectivity index (χ1n) is 20.0. The fraction of sp³-hybridized carbons (Fsp3) is 0. The number of oxazole rings is 1. The van der Waals surface area contributed by atoms with Crippen molar-refractivity contribution in [2.75, 3.05) is 4.90 Å². The molecule has 0 aliphatic heterocycles. The van der Waals surface area contributed by atoms with E-state index in [1.165, 1.54) is 59.9 Å². The predicted molar refractivity (Wildman–Crippen MR) is 246 cm³/mol. The Kier molecular flexibility index (Phi) is 7.50. The van der Waals surface area contributed by atoms with Crippen LogP contribution in [0.4, 0.5) is 17.1 Å². The Balaban J connectivity index is 0.978. The first-order valence-corrected chi connectivity index (χ1v) is 20.0. The third-order valence-electron chi connectivity index (χ3n) is 11.8. The van der Waals surface area contributed by atoms with E-state index < -0.39 is 0 Å². The van der Waals surface area contributed by atoms with E-state index in [9.17, 15) is 0 Å². The average Bonchev–Trinajstić information content (AvgIpc) is 3.90. The summed E-state index contributed by atoms with van der Waals surface area (Å²) in [5, 5.41) is 9.55. The normalized spacial score (nSPS) is 11.7. The zero-order valence-electron chi connectivity index (χ0n) is 32.0. The molecule has 0 aliphatic carbocycles. The molecule has 2 heterocycles. The highest BCUT2D eigenvalue weighted by atomic mass is 16.3. The molecule has 0 saturated heterocycles. The fourth-order valence-electron chi connectivity index (χ4n) is 8.92. The molecule has 0 saturated carbocycles. The van der Waals surface area contributed by atoms with E-state index in [1.54, 1.807) is 0 Å². The summed E-state index contributed by atoms with van der Waals surface area (Å²) in [6, 6.07) is 75.8. The number of aromatic nitrogens is 2. The van der Waals surface area contributed by atoms with Crippen molar-refractivity contribution in [2.45, 2.75) is 0 Å². The molecule has 0 radical (unpaired) electrons. The number of hydrogen-bond donors (Lipinski definition) is 0. The summed E-state index contributed by atoms with van der Waals surface area (Å²) >= 11 is 0. The maximum absolute atomic E-state index is 6.57. The monoisotopic (exact) mass is 753 g/mol. The van der Waals surface area contributed by atoms with Gasteiger partial charge in [-0.1, -0.05) is 121 Å².